The van der Waals surface area contributed by atoms with Gasteiger partial charge in [-0.25, -0.2) is 0 Å². The number of carbonyl (C=O) groups excluding carboxylic acids is 1. The highest BCUT2D eigenvalue weighted by molar-refractivity contribution is 6.30. The molecule has 0 radical (unpaired) electrons. The summed E-state index contributed by atoms with van der Waals surface area (Å²) in [5.41, 5.74) is 0. The molecular weight excluding hydrogens is 316 g/mol. The van der Waals surface area contributed by atoms with Crippen LogP contribution in [0.1, 0.15) is 13.8 Å². The first kappa shape index (κ1) is 17.2. The van der Waals surface area contributed by atoms with E-state index in [1.54, 1.807) is 55.5 Å². The second kappa shape index (κ2) is 7.88. The van der Waals surface area contributed by atoms with Crippen LogP contribution in [0, 0.1) is 5.92 Å². The van der Waals surface area contributed by atoms with Gasteiger partial charge in [-0.2, -0.15) is 0 Å². The van der Waals surface area contributed by atoms with Gasteiger partial charge in [0, 0.05) is 5.02 Å². The Kier molecular flexibility index (Phi) is 5.88. The van der Waals surface area contributed by atoms with Gasteiger partial charge in [-0.15, -0.1) is 0 Å². The van der Waals surface area contributed by atoms with E-state index in [0.29, 0.717) is 22.3 Å². The van der Waals surface area contributed by atoms with Crippen LogP contribution in [0.15, 0.2) is 48.5 Å². The van der Waals surface area contributed by atoms with Crippen molar-refractivity contribution in [3.63, 3.8) is 0 Å². The summed E-state index contributed by atoms with van der Waals surface area (Å²) in [6.07, 6.45) is -0.287. The number of carbonyl (C=O) groups is 1. The molecule has 122 valence electrons. The lowest BCUT2D eigenvalue weighted by Crippen LogP contribution is -2.29. The van der Waals surface area contributed by atoms with Gasteiger partial charge in [0.1, 0.15) is 23.4 Å². The van der Waals surface area contributed by atoms with E-state index in [-0.39, 0.29) is 18.0 Å². The Morgan fingerprint density at radius 1 is 0.913 bits per heavy atom. The van der Waals surface area contributed by atoms with Gasteiger partial charge in [0.25, 0.3) is 0 Å². The monoisotopic (exact) mass is 334 g/mol. The van der Waals surface area contributed by atoms with Crippen molar-refractivity contribution in [1.82, 2.24) is 0 Å². The van der Waals surface area contributed by atoms with Crippen LogP contribution in [0.25, 0.3) is 0 Å². The third kappa shape index (κ3) is 4.89. The van der Waals surface area contributed by atoms with Crippen molar-refractivity contribution >= 4 is 17.6 Å². The molecule has 4 nitrogen and oxygen atoms in total. The number of benzene rings is 2. The van der Waals surface area contributed by atoms with Crippen molar-refractivity contribution in [2.24, 2.45) is 5.92 Å². The minimum atomic E-state index is -0.343. The lowest BCUT2D eigenvalue weighted by molar-refractivity contribution is -0.147. The first-order chi connectivity index (χ1) is 11.0. The number of halogens is 1. The van der Waals surface area contributed by atoms with E-state index >= 15 is 0 Å². The zero-order chi connectivity index (χ0) is 16.8. The lowest BCUT2D eigenvalue weighted by Gasteiger charge is -2.19. The Morgan fingerprint density at radius 2 is 1.39 bits per heavy atom. The standard InChI is InChI=1S/C18H19ClO4/c1-12(18(20)21-3)13(2)22-15-8-10-17(11-9-15)23-16-6-4-14(19)5-7-16/h4-13H,1-3H3. The van der Waals surface area contributed by atoms with E-state index in [4.69, 9.17) is 25.8 Å². The topological polar surface area (TPSA) is 44.8 Å². The number of esters is 1. The van der Waals surface area contributed by atoms with E-state index < -0.39 is 0 Å². The smallest absolute Gasteiger partial charge is 0.312 e. The molecule has 0 amide bonds. The van der Waals surface area contributed by atoms with E-state index in [1.165, 1.54) is 7.11 Å². The summed E-state index contributed by atoms with van der Waals surface area (Å²) >= 11 is 5.84. The highest BCUT2D eigenvalue weighted by Crippen LogP contribution is 2.26. The number of ether oxygens (including phenoxy) is 3. The minimum absolute atomic E-state index is 0.287. The van der Waals surface area contributed by atoms with Crippen molar-refractivity contribution in [3.05, 3.63) is 53.6 Å². The van der Waals surface area contributed by atoms with Gasteiger partial charge < -0.3 is 14.2 Å². The molecule has 0 aromatic heterocycles. The molecule has 0 saturated carbocycles. The van der Waals surface area contributed by atoms with Crippen LogP contribution in [0.3, 0.4) is 0 Å². The second-order valence-corrected chi connectivity index (χ2v) is 5.60. The van der Waals surface area contributed by atoms with Gasteiger partial charge in [-0.1, -0.05) is 11.6 Å². The van der Waals surface area contributed by atoms with E-state index in [1.807, 2.05) is 6.92 Å². The van der Waals surface area contributed by atoms with Crippen molar-refractivity contribution in [1.29, 1.82) is 0 Å². The predicted octanol–water partition coefficient (Wildman–Crippen LogP) is 4.71. The normalized spacial score (nSPS) is 13.0. The van der Waals surface area contributed by atoms with Crippen molar-refractivity contribution < 1.29 is 19.0 Å². The third-order valence-electron chi connectivity index (χ3n) is 3.47. The molecule has 0 aliphatic heterocycles. The third-order valence-corrected chi connectivity index (χ3v) is 3.72. The lowest BCUT2D eigenvalue weighted by atomic mass is 10.1. The van der Waals surface area contributed by atoms with Gasteiger partial charge >= 0.3 is 5.97 Å². The summed E-state index contributed by atoms with van der Waals surface area (Å²) < 4.78 is 16.2. The maximum Gasteiger partial charge on any atom is 0.312 e. The average Bonchev–Trinajstić information content (AvgIpc) is 2.57. The molecule has 0 spiro atoms. The van der Waals surface area contributed by atoms with Gasteiger partial charge in [0.2, 0.25) is 0 Å². The number of hydrogen-bond donors (Lipinski definition) is 0. The zero-order valence-corrected chi connectivity index (χ0v) is 14.0. The summed E-state index contributed by atoms with van der Waals surface area (Å²) in [6, 6.07) is 14.3. The predicted molar refractivity (Wildman–Crippen MR) is 89.2 cm³/mol. The zero-order valence-electron chi connectivity index (χ0n) is 13.3. The Morgan fingerprint density at radius 3 is 1.91 bits per heavy atom. The first-order valence-corrected chi connectivity index (χ1v) is 7.65. The molecule has 0 heterocycles. The molecule has 0 aliphatic carbocycles. The van der Waals surface area contributed by atoms with Crippen molar-refractivity contribution in [2.75, 3.05) is 7.11 Å². The Bertz CT molecular complexity index is 637. The van der Waals surface area contributed by atoms with Crippen LogP contribution in [0.4, 0.5) is 0 Å². The molecule has 0 aliphatic rings. The molecular formula is C18H19ClO4. The van der Waals surface area contributed by atoms with Crippen molar-refractivity contribution in [2.45, 2.75) is 20.0 Å². The molecule has 2 aromatic rings. The molecule has 2 atom stereocenters. The fourth-order valence-electron chi connectivity index (χ4n) is 1.92. The molecule has 0 saturated heterocycles. The number of rotatable bonds is 6. The summed E-state index contributed by atoms with van der Waals surface area (Å²) in [5.74, 6) is 1.42. The van der Waals surface area contributed by atoms with Crippen LogP contribution in [-0.4, -0.2) is 19.2 Å². The maximum atomic E-state index is 11.5. The van der Waals surface area contributed by atoms with Crippen LogP contribution >= 0.6 is 11.6 Å². The Hall–Kier alpha value is -2.20. The van der Waals surface area contributed by atoms with E-state index in [2.05, 4.69) is 0 Å². The molecule has 0 bridgehead atoms. The molecule has 0 N–H and O–H groups in total. The highest BCUT2D eigenvalue weighted by atomic mass is 35.5. The Balaban J connectivity index is 1.96. The van der Waals surface area contributed by atoms with Gasteiger partial charge in [-0.05, 0) is 62.4 Å². The Labute approximate surface area is 140 Å². The number of methoxy groups -OCH3 is 1. The quantitative estimate of drug-likeness (QED) is 0.718. The van der Waals surface area contributed by atoms with Crippen LogP contribution in [0.2, 0.25) is 5.02 Å². The van der Waals surface area contributed by atoms with Crippen molar-refractivity contribution in [3.8, 4) is 17.2 Å². The van der Waals surface area contributed by atoms with Crippen LogP contribution in [0.5, 0.6) is 17.2 Å². The minimum Gasteiger partial charge on any atom is -0.490 e. The summed E-state index contributed by atoms with van der Waals surface area (Å²) in [4.78, 5) is 11.5. The molecule has 2 rings (SSSR count). The average molecular weight is 335 g/mol. The largest absolute Gasteiger partial charge is 0.490 e. The molecule has 2 unspecified atom stereocenters. The maximum absolute atomic E-state index is 11.5. The molecule has 5 heteroatoms. The van der Waals surface area contributed by atoms with Gasteiger partial charge in [0.05, 0.1) is 13.0 Å². The van der Waals surface area contributed by atoms with Crippen LogP contribution in [-0.2, 0) is 9.53 Å². The van der Waals surface area contributed by atoms with Crippen LogP contribution < -0.4 is 9.47 Å². The summed E-state index contributed by atoms with van der Waals surface area (Å²) in [6.45, 7) is 3.61. The number of hydrogen-bond acceptors (Lipinski definition) is 4. The fourth-order valence-corrected chi connectivity index (χ4v) is 2.05. The molecule has 0 fully saturated rings. The highest BCUT2D eigenvalue weighted by Gasteiger charge is 2.22. The molecule has 23 heavy (non-hydrogen) atoms. The first-order valence-electron chi connectivity index (χ1n) is 7.27. The summed E-state index contributed by atoms with van der Waals surface area (Å²) in [7, 11) is 1.37. The van der Waals surface area contributed by atoms with Gasteiger partial charge in [0.15, 0.2) is 0 Å². The SMILES string of the molecule is COC(=O)C(C)C(C)Oc1ccc(Oc2ccc(Cl)cc2)cc1. The van der Waals surface area contributed by atoms with Gasteiger partial charge in [-0.3, -0.25) is 4.79 Å². The second-order valence-electron chi connectivity index (χ2n) is 5.16. The van der Waals surface area contributed by atoms with E-state index in [0.717, 1.165) is 0 Å². The summed E-state index contributed by atoms with van der Waals surface area (Å²) in [5, 5.41) is 0.662. The fraction of sp³-hybridized carbons (Fsp3) is 0.278. The van der Waals surface area contributed by atoms with E-state index in [9.17, 15) is 4.79 Å². The molecule has 2 aromatic carbocycles.